The van der Waals surface area contributed by atoms with E-state index in [0.717, 1.165) is 32.3 Å². The Labute approximate surface area is 123 Å². The summed E-state index contributed by atoms with van der Waals surface area (Å²) in [6.07, 6.45) is 4.11. The van der Waals surface area contributed by atoms with Gasteiger partial charge in [-0.25, -0.2) is 0 Å². The van der Waals surface area contributed by atoms with Crippen LogP contribution in [0.2, 0.25) is 0 Å². The molecule has 0 aliphatic heterocycles. The van der Waals surface area contributed by atoms with Crippen LogP contribution in [0.5, 0.6) is 0 Å². The maximum absolute atomic E-state index is 5.21. The summed E-state index contributed by atoms with van der Waals surface area (Å²) in [4.78, 5) is 0. The summed E-state index contributed by atoms with van der Waals surface area (Å²) in [6, 6.07) is 0.793. The minimum Gasteiger partial charge on any atom is -0.385 e. The van der Waals surface area contributed by atoms with Gasteiger partial charge < -0.3 is 10.1 Å². The molecule has 0 fully saturated rings. The average molecular weight is 281 g/mol. The molecule has 0 amide bonds. The van der Waals surface area contributed by atoms with E-state index in [-0.39, 0.29) is 0 Å². The second-order valence-corrected chi connectivity index (χ2v) is 5.34. The highest BCUT2D eigenvalue weighted by Crippen LogP contribution is 2.28. The first-order valence-corrected chi connectivity index (χ1v) is 7.90. The molecule has 0 aromatic carbocycles. The molecule has 4 heteroatoms. The fourth-order valence-corrected chi connectivity index (χ4v) is 2.88. The van der Waals surface area contributed by atoms with Crippen LogP contribution in [0.25, 0.3) is 0 Å². The molecule has 0 saturated heterocycles. The summed E-state index contributed by atoms with van der Waals surface area (Å²) < 4.78 is 7.44. The Balaban J connectivity index is 3.19. The number of rotatable bonds is 9. The number of ether oxygens (including phenoxy) is 1. The maximum Gasteiger partial charge on any atom is 0.0672 e. The zero-order valence-corrected chi connectivity index (χ0v) is 14.0. The number of hydrogen-bond acceptors (Lipinski definition) is 3. The van der Waals surface area contributed by atoms with E-state index in [4.69, 9.17) is 9.84 Å². The van der Waals surface area contributed by atoms with Crippen LogP contribution < -0.4 is 5.32 Å². The molecule has 4 nitrogen and oxygen atoms in total. The van der Waals surface area contributed by atoms with E-state index in [2.05, 4.69) is 37.7 Å². The highest BCUT2D eigenvalue weighted by atomic mass is 16.5. The van der Waals surface area contributed by atoms with Crippen molar-refractivity contribution in [3.63, 3.8) is 0 Å². The van der Waals surface area contributed by atoms with Crippen molar-refractivity contribution in [3.8, 4) is 0 Å². The summed E-state index contributed by atoms with van der Waals surface area (Å²) >= 11 is 0. The third kappa shape index (κ3) is 3.61. The van der Waals surface area contributed by atoms with Crippen LogP contribution in [0.4, 0.5) is 0 Å². The third-order valence-electron chi connectivity index (χ3n) is 4.06. The third-order valence-corrected chi connectivity index (χ3v) is 4.06. The van der Waals surface area contributed by atoms with E-state index in [1.54, 1.807) is 7.11 Å². The zero-order valence-electron chi connectivity index (χ0n) is 14.0. The van der Waals surface area contributed by atoms with Gasteiger partial charge in [0.2, 0.25) is 0 Å². The molecular formula is C16H31N3O. The Hall–Kier alpha value is -0.870. The van der Waals surface area contributed by atoms with Crippen LogP contribution >= 0.6 is 0 Å². The summed E-state index contributed by atoms with van der Waals surface area (Å²) in [5.74, 6) is 0. The molecule has 0 saturated carbocycles. The van der Waals surface area contributed by atoms with Crippen LogP contribution in [0.1, 0.15) is 69.6 Å². The van der Waals surface area contributed by atoms with E-state index < -0.39 is 0 Å². The van der Waals surface area contributed by atoms with Gasteiger partial charge in [0, 0.05) is 31.0 Å². The van der Waals surface area contributed by atoms with Crippen molar-refractivity contribution in [1.82, 2.24) is 15.1 Å². The number of nitrogens with one attached hydrogen (secondary N) is 1. The second kappa shape index (κ2) is 8.42. The van der Waals surface area contributed by atoms with E-state index in [0.29, 0.717) is 12.1 Å². The van der Waals surface area contributed by atoms with Gasteiger partial charge in [-0.15, -0.1) is 0 Å². The number of hydrogen-bond donors (Lipinski definition) is 1. The summed E-state index contributed by atoms with van der Waals surface area (Å²) in [7, 11) is 3.80. The molecule has 1 aromatic heterocycles. The van der Waals surface area contributed by atoms with Crippen molar-refractivity contribution in [1.29, 1.82) is 0 Å². The van der Waals surface area contributed by atoms with Gasteiger partial charge in [0.25, 0.3) is 0 Å². The quantitative estimate of drug-likeness (QED) is 0.755. The molecule has 2 unspecified atom stereocenters. The van der Waals surface area contributed by atoms with E-state index in [1.807, 2.05) is 7.05 Å². The molecule has 20 heavy (non-hydrogen) atoms. The van der Waals surface area contributed by atoms with E-state index in [1.165, 1.54) is 17.0 Å². The lowest BCUT2D eigenvalue weighted by Gasteiger charge is -2.19. The van der Waals surface area contributed by atoms with Crippen LogP contribution in [-0.4, -0.2) is 30.5 Å². The molecule has 1 N–H and O–H groups in total. The molecule has 0 radical (unpaired) electrons. The lowest BCUT2D eigenvalue weighted by Crippen LogP contribution is -2.19. The number of methoxy groups -OCH3 is 1. The van der Waals surface area contributed by atoms with Crippen molar-refractivity contribution in [2.45, 2.75) is 65.5 Å². The highest BCUT2D eigenvalue weighted by molar-refractivity contribution is 5.30. The number of aryl methyl sites for hydroxylation is 1. The van der Waals surface area contributed by atoms with Gasteiger partial charge in [0.15, 0.2) is 0 Å². The topological polar surface area (TPSA) is 39.1 Å². The number of nitrogens with zero attached hydrogens (tertiary/aromatic N) is 2. The fraction of sp³-hybridized carbons (Fsp3) is 0.812. The smallest absolute Gasteiger partial charge is 0.0672 e. The van der Waals surface area contributed by atoms with Crippen LogP contribution in [-0.2, 0) is 17.6 Å². The van der Waals surface area contributed by atoms with Gasteiger partial charge in [-0.2, -0.15) is 5.10 Å². The normalized spacial score (nSPS) is 14.5. The summed E-state index contributed by atoms with van der Waals surface area (Å²) in [5.41, 5.74) is 4.04. The molecule has 0 spiro atoms. The van der Waals surface area contributed by atoms with Crippen molar-refractivity contribution in [2.75, 3.05) is 20.8 Å². The molecule has 1 aromatic rings. The minimum absolute atomic E-state index is 0.387. The van der Waals surface area contributed by atoms with Crippen LogP contribution in [0.15, 0.2) is 0 Å². The Morgan fingerprint density at radius 3 is 2.40 bits per heavy atom. The van der Waals surface area contributed by atoms with E-state index >= 15 is 0 Å². The largest absolute Gasteiger partial charge is 0.385 e. The first-order valence-electron chi connectivity index (χ1n) is 7.90. The SMILES string of the molecule is CCc1nn(C(C)CCOC)c(CC)c1C(CC)NC. The van der Waals surface area contributed by atoms with Gasteiger partial charge in [0.1, 0.15) is 0 Å². The minimum atomic E-state index is 0.387. The Morgan fingerprint density at radius 1 is 1.25 bits per heavy atom. The van der Waals surface area contributed by atoms with Gasteiger partial charge in [0.05, 0.1) is 11.7 Å². The van der Waals surface area contributed by atoms with E-state index in [9.17, 15) is 0 Å². The van der Waals surface area contributed by atoms with Gasteiger partial charge in [-0.3, -0.25) is 4.68 Å². The van der Waals surface area contributed by atoms with Crippen molar-refractivity contribution in [2.24, 2.45) is 0 Å². The fourth-order valence-electron chi connectivity index (χ4n) is 2.88. The van der Waals surface area contributed by atoms with Crippen molar-refractivity contribution in [3.05, 3.63) is 17.0 Å². The molecule has 2 atom stereocenters. The van der Waals surface area contributed by atoms with Crippen LogP contribution in [0, 0.1) is 0 Å². The standard InChI is InChI=1S/C16H31N3O/c1-7-13(17-5)16-14(8-2)18-19(15(16)9-3)12(4)10-11-20-6/h12-13,17H,7-11H2,1-6H3. The highest BCUT2D eigenvalue weighted by Gasteiger charge is 2.23. The predicted octanol–water partition coefficient (Wildman–Crippen LogP) is 3.28. The molecule has 0 aliphatic carbocycles. The van der Waals surface area contributed by atoms with Crippen LogP contribution in [0.3, 0.4) is 0 Å². The van der Waals surface area contributed by atoms with Crippen molar-refractivity contribution >= 4 is 0 Å². The molecule has 1 rings (SSSR count). The lowest BCUT2D eigenvalue weighted by molar-refractivity contribution is 0.178. The molecule has 116 valence electrons. The molecule has 0 bridgehead atoms. The molecule has 0 aliphatic rings. The predicted molar refractivity (Wildman–Crippen MR) is 84.3 cm³/mol. The van der Waals surface area contributed by atoms with Crippen molar-refractivity contribution < 1.29 is 4.74 Å². The second-order valence-electron chi connectivity index (χ2n) is 5.34. The first kappa shape index (κ1) is 17.2. The lowest BCUT2D eigenvalue weighted by atomic mass is 9.99. The Morgan fingerprint density at radius 2 is 1.95 bits per heavy atom. The first-order chi connectivity index (χ1) is 9.64. The van der Waals surface area contributed by atoms with Gasteiger partial charge in [-0.05, 0) is 39.7 Å². The monoisotopic (exact) mass is 281 g/mol. The average Bonchev–Trinajstić information content (AvgIpc) is 2.85. The zero-order chi connectivity index (χ0) is 15.1. The summed E-state index contributed by atoms with van der Waals surface area (Å²) in [5, 5.41) is 8.33. The Kier molecular flexibility index (Phi) is 7.24. The van der Waals surface area contributed by atoms with Gasteiger partial charge >= 0.3 is 0 Å². The summed E-state index contributed by atoms with van der Waals surface area (Å²) in [6.45, 7) is 9.66. The maximum atomic E-state index is 5.21. The molecular weight excluding hydrogens is 250 g/mol. The van der Waals surface area contributed by atoms with Gasteiger partial charge in [-0.1, -0.05) is 20.8 Å². The number of aromatic nitrogens is 2. The molecule has 1 heterocycles. The Bertz CT molecular complexity index is 397.